The molecule has 0 aliphatic carbocycles. The van der Waals surface area contributed by atoms with Crippen LogP contribution in [-0.2, 0) is 0 Å². The summed E-state index contributed by atoms with van der Waals surface area (Å²) >= 11 is 1.50. The second-order valence-corrected chi connectivity index (χ2v) is 6.62. The van der Waals surface area contributed by atoms with E-state index in [-0.39, 0.29) is 0 Å². The van der Waals surface area contributed by atoms with Gasteiger partial charge in [0.05, 0.1) is 12.1 Å². The van der Waals surface area contributed by atoms with Gasteiger partial charge in [-0.3, -0.25) is 5.41 Å². The van der Waals surface area contributed by atoms with Crippen LogP contribution in [0.2, 0.25) is 0 Å². The molecule has 1 unspecified atom stereocenters. The number of rotatable bonds is 7. The van der Waals surface area contributed by atoms with Gasteiger partial charge in [-0.1, -0.05) is 33.1 Å². The molecule has 2 N–H and O–H groups in total. The fourth-order valence-corrected chi connectivity index (χ4v) is 3.58. The van der Waals surface area contributed by atoms with Gasteiger partial charge in [0.1, 0.15) is 16.6 Å². The molecule has 1 aromatic rings. The van der Waals surface area contributed by atoms with E-state index in [0.717, 1.165) is 23.7 Å². The van der Waals surface area contributed by atoms with Crippen LogP contribution in [0.5, 0.6) is 0 Å². The minimum Gasteiger partial charge on any atom is -0.510 e. The molecule has 21 heavy (non-hydrogen) atoms. The van der Waals surface area contributed by atoms with Gasteiger partial charge in [0.15, 0.2) is 0 Å². The zero-order valence-electron chi connectivity index (χ0n) is 13.1. The summed E-state index contributed by atoms with van der Waals surface area (Å²) in [7, 11) is 0. The van der Waals surface area contributed by atoms with Crippen molar-refractivity contribution in [3.8, 4) is 0 Å². The number of thiazole rings is 1. The Morgan fingerprint density at radius 2 is 2.24 bits per heavy atom. The Balaban J connectivity index is 2.05. The van der Waals surface area contributed by atoms with E-state index in [2.05, 4.69) is 18.8 Å². The van der Waals surface area contributed by atoms with Gasteiger partial charge in [-0.25, -0.2) is 4.98 Å². The fraction of sp³-hybridized carbons (Fsp3) is 0.625. The van der Waals surface area contributed by atoms with Crippen LogP contribution in [0.25, 0.3) is 5.57 Å². The molecule has 0 bridgehead atoms. The normalized spacial score (nSPS) is 16.9. The molecule has 4 nitrogen and oxygen atoms in total. The van der Waals surface area contributed by atoms with E-state index in [1.54, 1.807) is 0 Å². The average molecular weight is 307 g/mol. The van der Waals surface area contributed by atoms with E-state index in [1.807, 2.05) is 17.2 Å². The quantitative estimate of drug-likeness (QED) is 0.792. The lowest BCUT2D eigenvalue weighted by atomic mass is 9.99. The summed E-state index contributed by atoms with van der Waals surface area (Å²) in [5.74, 6) is 1.31. The van der Waals surface area contributed by atoms with Crippen molar-refractivity contribution in [2.45, 2.75) is 46.5 Å². The summed E-state index contributed by atoms with van der Waals surface area (Å²) in [5.41, 5.74) is 1.56. The van der Waals surface area contributed by atoms with Crippen molar-refractivity contribution in [2.24, 2.45) is 5.92 Å². The summed E-state index contributed by atoms with van der Waals surface area (Å²) < 4.78 is 0. The highest BCUT2D eigenvalue weighted by atomic mass is 32.1. The van der Waals surface area contributed by atoms with Gasteiger partial charge in [0, 0.05) is 17.6 Å². The van der Waals surface area contributed by atoms with Gasteiger partial charge in [0.25, 0.3) is 0 Å². The van der Waals surface area contributed by atoms with Crippen LogP contribution < -0.4 is 0 Å². The molecule has 0 aromatic carbocycles. The predicted molar refractivity (Wildman–Crippen MR) is 89.0 cm³/mol. The molecule has 5 heteroatoms. The third-order valence-electron chi connectivity index (χ3n) is 4.04. The van der Waals surface area contributed by atoms with E-state index in [4.69, 9.17) is 5.41 Å². The minimum absolute atomic E-state index is 0.291. The molecule has 0 saturated carbocycles. The monoisotopic (exact) mass is 307 g/mol. The van der Waals surface area contributed by atoms with Gasteiger partial charge in [-0.2, -0.15) is 0 Å². The van der Waals surface area contributed by atoms with Gasteiger partial charge in [-0.15, -0.1) is 11.3 Å². The summed E-state index contributed by atoms with van der Waals surface area (Å²) in [6.07, 6.45) is 4.76. The van der Waals surface area contributed by atoms with Crippen molar-refractivity contribution < 1.29 is 5.11 Å². The topological polar surface area (TPSA) is 60.2 Å². The van der Waals surface area contributed by atoms with E-state index in [0.29, 0.717) is 29.6 Å². The van der Waals surface area contributed by atoms with Crippen LogP contribution in [0.3, 0.4) is 0 Å². The molecule has 0 radical (unpaired) electrons. The third kappa shape index (κ3) is 3.64. The van der Waals surface area contributed by atoms with Crippen molar-refractivity contribution in [1.29, 1.82) is 5.41 Å². The maximum atomic E-state index is 10.2. The summed E-state index contributed by atoms with van der Waals surface area (Å²) in [6.45, 7) is 7.66. The summed E-state index contributed by atoms with van der Waals surface area (Å²) in [4.78, 5) is 6.40. The Hall–Kier alpha value is -1.36. The Kier molecular flexibility index (Phi) is 5.39. The average Bonchev–Trinajstić information content (AvgIpc) is 2.98. The molecule has 1 aliphatic heterocycles. The SMILES string of the molecule is CCCCC(CC)CN1CC(O)=C(c2nc(C)cs2)C1=N. The molecule has 1 aliphatic rings. The van der Waals surface area contributed by atoms with Gasteiger partial charge >= 0.3 is 0 Å². The molecule has 2 heterocycles. The molecule has 0 saturated heterocycles. The second kappa shape index (κ2) is 7.07. The van der Waals surface area contributed by atoms with Crippen molar-refractivity contribution in [1.82, 2.24) is 9.88 Å². The number of nitrogens with one attached hydrogen (secondary N) is 1. The lowest BCUT2D eigenvalue weighted by Crippen LogP contribution is -2.32. The van der Waals surface area contributed by atoms with Gasteiger partial charge in [-0.05, 0) is 19.3 Å². The van der Waals surface area contributed by atoms with Crippen molar-refractivity contribution in [3.05, 3.63) is 21.8 Å². The largest absolute Gasteiger partial charge is 0.510 e. The van der Waals surface area contributed by atoms with Crippen molar-refractivity contribution in [2.75, 3.05) is 13.1 Å². The molecule has 116 valence electrons. The van der Waals surface area contributed by atoms with Crippen molar-refractivity contribution in [3.63, 3.8) is 0 Å². The molecule has 0 amide bonds. The molecule has 1 aromatic heterocycles. The maximum Gasteiger partial charge on any atom is 0.135 e. The lowest BCUT2D eigenvalue weighted by Gasteiger charge is -2.24. The fourth-order valence-electron chi connectivity index (χ4n) is 2.71. The first-order valence-corrected chi connectivity index (χ1v) is 8.63. The van der Waals surface area contributed by atoms with Crippen LogP contribution in [-0.4, -0.2) is 33.9 Å². The van der Waals surface area contributed by atoms with Crippen LogP contribution in [0, 0.1) is 18.3 Å². The van der Waals surface area contributed by atoms with Crippen molar-refractivity contribution >= 4 is 22.7 Å². The molecule has 0 fully saturated rings. The maximum absolute atomic E-state index is 10.2. The number of aryl methyl sites for hydroxylation is 1. The van der Waals surface area contributed by atoms with E-state index < -0.39 is 0 Å². The number of unbranched alkanes of at least 4 members (excludes halogenated alkanes) is 1. The number of hydrogen-bond donors (Lipinski definition) is 2. The van der Waals surface area contributed by atoms with Crippen LogP contribution in [0.1, 0.15) is 50.2 Å². The van der Waals surface area contributed by atoms with Gasteiger partial charge in [0.2, 0.25) is 0 Å². The highest BCUT2D eigenvalue weighted by molar-refractivity contribution is 7.11. The van der Waals surface area contributed by atoms with E-state index >= 15 is 0 Å². The Bertz CT molecular complexity index is 535. The minimum atomic E-state index is 0.291. The number of amidine groups is 1. The summed E-state index contributed by atoms with van der Waals surface area (Å²) in [6, 6.07) is 0. The highest BCUT2D eigenvalue weighted by Crippen LogP contribution is 2.30. The molecular formula is C16H25N3OS. The first-order chi connectivity index (χ1) is 10.1. The second-order valence-electron chi connectivity index (χ2n) is 5.76. The van der Waals surface area contributed by atoms with Gasteiger partial charge < -0.3 is 10.0 Å². The van der Waals surface area contributed by atoms with Crippen LogP contribution in [0.4, 0.5) is 0 Å². The standard InChI is InChI=1S/C16H25N3OS/c1-4-6-7-12(5-2)8-19-9-13(20)14(15(19)17)16-18-11(3)10-21-16/h10,12,17,20H,4-9H2,1-3H3. The van der Waals surface area contributed by atoms with Crippen LogP contribution >= 0.6 is 11.3 Å². The number of nitrogens with zero attached hydrogens (tertiary/aromatic N) is 2. The van der Waals surface area contributed by atoms with E-state index in [1.165, 1.54) is 30.6 Å². The predicted octanol–water partition coefficient (Wildman–Crippen LogP) is 4.23. The molecule has 2 rings (SSSR count). The highest BCUT2D eigenvalue weighted by Gasteiger charge is 2.30. The Morgan fingerprint density at radius 3 is 2.81 bits per heavy atom. The zero-order valence-corrected chi connectivity index (χ0v) is 14.0. The van der Waals surface area contributed by atoms with E-state index in [9.17, 15) is 5.11 Å². The lowest BCUT2D eigenvalue weighted by molar-refractivity contribution is 0.298. The summed E-state index contributed by atoms with van der Waals surface area (Å²) in [5, 5.41) is 21.3. The molecular weight excluding hydrogens is 282 g/mol. The molecule has 0 spiro atoms. The molecule has 1 atom stereocenters. The Labute approximate surface area is 131 Å². The smallest absolute Gasteiger partial charge is 0.135 e. The first kappa shape index (κ1) is 16.0. The zero-order chi connectivity index (χ0) is 15.4. The number of hydrogen-bond acceptors (Lipinski definition) is 4. The number of aliphatic hydroxyl groups excluding tert-OH is 1. The van der Waals surface area contributed by atoms with Crippen LogP contribution in [0.15, 0.2) is 11.1 Å². The number of aliphatic hydroxyl groups is 1. The first-order valence-electron chi connectivity index (χ1n) is 7.75. The Morgan fingerprint density at radius 1 is 1.48 bits per heavy atom. The number of aromatic nitrogens is 1. The third-order valence-corrected chi connectivity index (χ3v) is 5.01.